The van der Waals surface area contributed by atoms with Gasteiger partial charge < -0.3 is 15.2 Å². The van der Waals surface area contributed by atoms with Gasteiger partial charge in [0.1, 0.15) is 9.88 Å². The van der Waals surface area contributed by atoms with E-state index in [9.17, 15) is 9.90 Å². The van der Waals surface area contributed by atoms with E-state index in [4.69, 9.17) is 4.74 Å². The van der Waals surface area contributed by atoms with Crippen molar-refractivity contribution in [2.45, 2.75) is 18.9 Å². The summed E-state index contributed by atoms with van der Waals surface area (Å²) in [5.41, 5.74) is 1.03. The Morgan fingerprint density at radius 3 is 3.14 bits per heavy atom. The summed E-state index contributed by atoms with van der Waals surface area (Å²) in [6.07, 6.45) is 3.35. The molecular formula is C15H18N2O3S2. The van der Waals surface area contributed by atoms with Crippen LogP contribution in [0.15, 0.2) is 23.0 Å². The molecule has 1 fully saturated rings. The first-order valence-electron chi connectivity index (χ1n) is 7.25. The van der Waals surface area contributed by atoms with Gasteiger partial charge >= 0.3 is 0 Å². The lowest BCUT2D eigenvalue weighted by atomic mass is 10.3. The lowest BCUT2D eigenvalue weighted by molar-refractivity contribution is 0.0321. The third-order valence-electron chi connectivity index (χ3n) is 3.36. The number of amides is 1. The number of thiazole rings is 1. The number of nitrogens with one attached hydrogen (secondary N) is 1. The fourth-order valence-corrected chi connectivity index (χ4v) is 3.45. The number of carbonyl (C=O) groups excluding carboxylic acids is 1. The summed E-state index contributed by atoms with van der Waals surface area (Å²) < 4.78 is 5.40. The third-order valence-corrected chi connectivity index (χ3v) is 5.08. The predicted octanol–water partition coefficient (Wildman–Crippen LogP) is 2.39. The number of thiophene rings is 1. The zero-order chi connectivity index (χ0) is 15.4. The zero-order valence-electron chi connectivity index (χ0n) is 12.0. The molecule has 1 atom stereocenters. The van der Waals surface area contributed by atoms with Gasteiger partial charge in [-0.15, -0.1) is 11.3 Å². The standard InChI is InChI=1S/C15H18N2O3S2/c18-12(8-20-7-10-1-2-10)5-16-14(19)13-6-17-15(22-13)11-3-4-21-9-11/h3-4,6,9-10,12,18H,1-2,5,7-8H2,(H,16,19). The fourth-order valence-electron chi connectivity index (χ4n) is 1.91. The highest BCUT2D eigenvalue weighted by atomic mass is 32.1. The molecule has 2 aromatic heterocycles. The second-order valence-corrected chi connectivity index (χ2v) is 7.20. The summed E-state index contributed by atoms with van der Waals surface area (Å²) in [6, 6.07) is 1.98. The van der Waals surface area contributed by atoms with Crippen LogP contribution in [0.4, 0.5) is 0 Å². The number of hydrogen-bond donors (Lipinski definition) is 2. The maximum Gasteiger partial charge on any atom is 0.263 e. The monoisotopic (exact) mass is 338 g/mol. The quantitative estimate of drug-likeness (QED) is 0.775. The van der Waals surface area contributed by atoms with Crippen molar-refractivity contribution in [1.82, 2.24) is 10.3 Å². The summed E-state index contributed by atoms with van der Waals surface area (Å²) in [6.45, 7) is 1.17. The van der Waals surface area contributed by atoms with Gasteiger partial charge in [0.15, 0.2) is 0 Å². The van der Waals surface area contributed by atoms with Crippen LogP contribution < -0.4 is 5.32 Å². The smallest absolute Gasteiger partial charge is 0.263 e. The average Bonchev–Trinajstić information content (AvgIpc) is 3.01. The van der Waals surface area contributed by atoms with E-state index in [1.54, 1.807) is 17.5 Å². The fraction of sp³-hybridized carbons (Fsp3) is 0.467. The minimum atomic E-state index is -0.674. The molecule has 1 saturated carbocycles. The van der Waals surface area contributed by atoms with Gasteiger partial charge in [0.25, 0.3) is 5.91 Å². The molecule has 0 bridgehead atoms. The molecule has 118 valence electrons. The zero-order valence-corrected chi connectivity index (χ0v) is 13.7. The Labute approximate surface area is 137 Å². The Morgan fingerprint density at radius 2 is 2.41 bits per heavy atom. The van der Waals surface area contributed by atoms with E-state index in [1.807, 2.05) is 16.8 Å². The molecule has 1 aliphatic carbocycles. The topological polar surface area (TPSA) is 71.5 Å². The van der Waals surface area contributed by atoms with Crippen LogP contribution >= 0.6 is 22.7 Å². The van der Waals surface area contributed by atoms with Crippen molar-refractivity contribution in [2.75, 3.05) is 19.8 Å². The van der Waals surface area contributed by atoms with Crippen molar-refractivity contribution < 1.29 is 14.6 Å². The molecule has 2 heterocycles. The highest BCUT2D eigenvalue weighted by Gasteiger charge is 2.21. The normalized spacial score (nSPS) is 15.7. The Hall–Kier alpha value is -1.28. The van der Waals surface area contributed by atoms with E-state index in [2.05, 4.69) is 10.3 Å². The van der Waals surface area contributed by atoms with Crippen LogP contribution in [0.2, 0.25) is 0 Å². The number of rotatable bonds is 8. The van der Waals surface area contributed by atoms with Gasteiger partial charge in [-0.2, -0.15) is 11.3 Å². The molecular weight excluding hydrogens is 320 g/mol. The third kappa shape index (κ3) is 4.36. The molecule has 0 aromatic carbocycles. The van der Waals surface area contributed by atoms with Gasteiger partial charge in [-0.3, -0.25) is 4.79 Å². The van der Waals surface area contributed by atoms with E-state index < -0.39 is 6.10 Å². The highest BCUT2D eigenvalue weighted by Crippen LogP contribution is 2.29. The van der Waals surface area contributed by atoms with Crippen LogP contribution in [0.25, 0.3) is 10.6 Å². The van der Waals surface area contributed by atoms with E-state index in [1.165, 1.54) is 24.2 Å². The van der Waals surface area contributed by atoms with Crippen molar-refractivity contribution in [3.63, 3.8) is 0 Å². The largest absolute Gasteiger partial charge is 0.389 e. The van der Waals surface area contributed by atoms with Crippen LogP contribution in [0.5, 0.6) is 0 Å². The molecule has 1 aliphatic rings. The summed E-state index contributed by atoms with van der Waals surface area (Å²) in [5, 5.41) is 17.3. The maximum absolute atomic E-state index is 12.0. The van der Waals surface area contributed by atoms with Crippen LogP contribution in [0.3, 0.4) is 0 Å². The van der Waals surface area contributed by atoms with Gasteiger partial charge in [0.05, 0.1) is 18.9 Å². The summed E-state index contributed by atoms with van der Waals surface area (Å²) in [4.78, 5) is 16.8. The SMILES string of the molecule is O=C(NCC(O)COCC1CC1)c1cnc(-c2ccsc2)s1. The Kier molecular flexibility index (Phi) is 5.20. The number of nitrogens with zero attached hydrogens (tertiary/aromatic N) is 1. The van der Waals surface area contributed by atoms with Gasteiger partial charge in [-0.25, -0.2) is 4.98 Å². The second kappa shape index (κ2) is 7.32. The molecule has 2 aromatic rings. The van der Waals surface area contributed by atoms with Crippen LogP contribution in [0, 0.1) is 5.92 Å². The highest BCUT2D eigenvalue weighted by molar-refractivity contribution is 7.17. The number of ether oxygens (including phenoxy) is 1. The molecule has 0 aliphatic heterocycles. The molecule has 0 radical (unpaired) electrons. The molecule has 2 N–H and O–H groups in total. The summed E-state index contributed by atoms with van der Waals surface area (Å²) >= 11 is 2.95. The predicted molar refractivity (Wildman–Crippen MR) is 87.3 cm³/mol. The molecule has 0 spiro atoms. The lowest BCUT2D eigenvalue weighted by Gasteiger charge is -2.11. The van der Waals surface area contributed by atoms with Gasteiger partial charge in [-0.1, -0.05) is 0 Å². The minimum absolute atomic E-state index is 0.190. The maximum atomic E-state index is 12.0. The lowest BCUT2D eigenvalue weighted by Crippen LogP contribution is -2.34. The Bertz CT molecular complexity index is 608. The van der Waals surface area contributed by atoms with Crippen LogP contribution in [-0.4, -0.2) is 41.9 Å². The van der Waals surface area contributed by atoms with Crippen LogP contribution in [-0.2, 0) is 4.74 Å². The number of hydrogen-bond acceptors (Lipinski definition) is 6. The molecule has 1 unspecified atom stereocenters. The molecule has 0 saturated heterocycles. The van der Waals surface area contributed by atoms with Crippen molar-refractivity contribution in [1.29, 1.82) is 0 Å². The van der Waals surface area contributed by atoms with Crippen LogP contribution in [0.1, 0.15) is 22.5 Å². The van der Waals surface area contributed by atoms with Gasteiger partial charge in [0, 0.05) is 24.1 Å². The van der Waals surface area contributed by atoms with Crippen molar-refractivity contribution >= 4 is 28.6 Å². The van der Waals surface area contributed by atoms with E-state index in [0.717, 1.165) is 10.6 Å². The minimum Gasteiger partial charge on any atom is -0.389 e. The average molecular weight is 338 g/mol. The van der Waals surface area contributed by atoms with Crippen molar-refractivity contribution in [2.24, 2.45) is 5.92 Å². The molecule has 5 nitrogen and oxygen atoms in total. The first-order valence-corrected chi connectivity index (χ1v) is 9.00. The summed E-state index contributed by atoms with van der Waals surface area (Å²) in [5.74, 6) is 0.467. The first-order chi connectivity index (χ1) is 10.7. The van der Waals surface area contributed by atoms with Gasteiger partial charge in [0.2, 0.25) is 0 Å². The molecule has 7 heteroatoms. The molecule has 1 amide bonds. The Morgan fingerprint density at radius 1 is 1.55 bits per heavy atom. The number of aliphatic hydroxyl groups excluding tert-OH is 1. The van der Waals surface area contributed by atoms with E-state index in [-0.39, 0.29) is 19.1 Å². The summed E-state index contributed by atoms with van der Waals surface area (Å²) in [7, 11) is 0. The van der Waals surface area contributed by atoms with E-state index >= 15 is 0 Å². The Balaban J connectivity index is 1.43. The molecule has 22 heavy (non-hydrogen) atoms. The van der Waals surface area contributed by atoms with Crippen molar-refractivity contribution in [3.05, 3.63) is 27.9 Å². The van der Waals surface area contributed by atoms with E-state index in [0.29, 0.717) is 17.4 Å². The van der Waals surface area contributed by atoms with Gasteiger partial charge in [-0.05, 0) is 30.2 Å². The number of aliphatic hydroxyl groups is 1. The second-order valence-electron chi connectivity index (χ2n) is 5.39. The number of carbonyl (C=O) groups is 1. The number of aromatic nitrogens is 1. The molecule has 3 rings (SSSR count). The first kappa shape index (κ1) is 15.6. The van der Waals surface area contributed by atoms with Crippen molar-refractivity contribution in [3.8, 4) is 10.6 Å².